The van der Waals surface area contributed by atoms with Crippen LogP contribution in [-0.4, -0.2) is 40.0 Å². The van der Waals surface area contributed by atoms with Crippen molar-refractivity contribution in [3.63, 3.8) is 0 Å². The van der Waals surface area contributed by atoms with Gasteiger partial charge in [-0.15, -0.1) is 0 Å². The summed E-state index contributed by atoms with van der Waals surface area (Å²) in [6.07, 6.45) is 1.05. The Bertz CT molecular complexity index is 1180. The molecule has 3 N–H and O–H groups in total. The summed E-state index contributed by atoms with van der Waals surface area (Å²) < 4.78 is 0. The molecule has 5 rings (SSSR count). The Balaban J connectivity index is 1.57. The van der Waals surface area contributed by atoms with E-state index in [2.05, 4.69) is 4.98 Å². The molecule has 3 heterocycles. The van der Waals surface area contributed by atoms with Crippen LogP contribution in [0.4, 0.5) is 10.5 Å². The standard InChI is InChI=1S/C23H22N4O3/c1-14(28)20-16-7-3-2-6-15(16)10-25-18(20)11-27-19-9-5-4-8-17(19)23(21(27)29)12-26(13-23)22(24)30/h2-10,14,28H,11-13H2,1H3,(H2,24,30). The molecule has 1 aromatic heterocycles. The largest absolute Gasteiger partial charge is 0.389 e. The van der Waals surface area contributed by atoms with Crippen LogP contribution in [0.5, 0.6) is 0 Å². The van der Waals surface area contributed by atoms with Gasteiger partial charge in [-0.2, -0.15) is 0 Å². The smallest absolute Gasteiger partial charge is 0.314 e. The molecule has 3 amide bonds. The lowest BCUT2D eigenvalue weighted by atomic mass is 9.75. The zero-order chi connectivity index (χ0) is 21.0. The van der Waals surface area contributed by atoms with E-state index >= 15 is 0 Å². The predicted molar refractivity (Wildman–Crippen MR) is 113 cm³/mol. The molecule has 30 heavy (non-hydrogen) atoms. The van der Waals surface area contributed by atoms with Crippen molar-refractivity contribution >= 4 is 28.4 Å². The van der Waals surface area contributed by atoms with Gasteiger partial charge in [-0.25, -0.2) is 4.79 Å². The third-order valence-corrected chi connectivity index (χ3v) is 6.25. The SMILES string of the molecule is CC(O)c1c(CN2C(=O)C3(CN(C(N)=O)C3)c3ccccc32)ncc2ccccc12. The highest BCUT2D eigenvalue weighted by atomic mass is 16.3. The monoisotopic (exact) mass is 402 g/mol. The zero-order valence-corrected chi connectivity index (χ0v) is 16.6. The van der Waals surface area contributed by atoms with Gasteiger partial charge in [0.05, 0.1) is 18.3 Å². The van der Waals surface area contributed by atoms with Crippen LogP contribution in [0.3, 0.4) is 0 Å². The van der Waals surface area contributed by atoms with E-state index in [1.54, 1.807) is 18.0 Å². The molecule has 7 heteroatoms. The number of para-hydroxylation sites is 1. The highest BCUT2D eigenvalue weighted by Crippen LogP contribution is 2.48. The summed E-state index contributed by atoms with van der Waals surface area (Å²) in [6.45, 7) is 2.52. The first-order valence-electron chi connectivity index (χ1n) is 9.93. The van der Waals surface area contributed by atoms with Crippen molar-refractivity contribution in [3.05, 3.63) is 71.5 Å². The number of carbonyl (C=O) groups excluding carboxylic acids is 2. The number of aliphatic hydroxyl groups is 1. The summed E-state index contributed by atoms with van der Waals surface area (Å²) in [5, 5.41) is 12.4. The number of likely N-dealkylation sites (tertiary alicyclic amines) is 1. The number of primary amides is 1. The fourth-order valence-electron chi connectivity index (χ4n) is 4.79. The van der Waals surface area contributed by atoms with Crippen LogP contribution >= 0.6 is 0 Å². The summed E-state index contributed by atoms with van der Waals surface area (Å²) >= 11 is 0. The predicted octanol–water partition coefficient (Wildman–Crippen LogP) is 2.47. The summed E-state index contributed by atoms with van der Waals surface area (Å²) in [4.78, 5) is 32.9. The summed E-state index contributed by atoms with van der Waals surface area (Å²) in [5.74, 6) is -0.0623. The maximum absolute atomic E-state index is 13.5. The van der Waals surface area contributed by atoms with Crippen LogP contribution in [0.15, 0.2) is 54.7 Å². The second kappa shape index (κ2) is 6.53. The van der Waals surface area contributed by atoms with E-state index < -0.39 is 17.6 Å². The summed E-state index contributed by atoms with van der Waals surface area (Å²) in [7, 11) is 0. The molecule has 1 unspecified atom stereocenters. The van der Waals surface area contributed by atoms with Crippen LogP contribution in [0, 0.1) is 0 Å². The third kappa shape index (κ3) is 2.52. The van der Waals surface area contributed by atoms with E-state index in [0.29, 0.717) is 5.69 Å². The number of nitrogens with zero attached hydrogens (tertiary/aromatic N) is 3. The van der Waals surface area contributed by atoms with Crippen LogP contribution in [-0.2, 0) is 16.8 Å². The topological polar surface area (TPSA) is 99.8 Å². The molecule has 2 aliphatic rings. The Hall–Kier alpha value is -3.45. The minimum absolute atomic E-state index is 0.0623. The average molecular weight is 402 g/mol. The fourth-order valence-corrected chi connectivity index (χ4v) is 4.79. The van der Waals surface area contributed by atoms with Crippen molar-refractivity contribution < 1.29 is 14.7 Å². The molecule has 3 aromatic rings. The van der Waals surface area contributed by atoms with Crippen molar-refractivity contribution in [3.8, 4) is 0 Å². The molecule has 2 aromatic carbocycles. The number of carbonyl (C=O) groups is 2. The number of nitrogens with two attached hydrogens (primary N) is 1. The minimum atomic E-state index is -0.756. The van der Waals surface area contributed by atoms with Gasteiger partial charge in [-0.05, 0) is 23.9 Å². The Morgan fingerprint density at radius 3 is 2.63 bits per heavy atom. The average Bonchev–Trinajstić information content (AvgIpc) is 2.94. The highest BCUT2D eigenvalue weighted by molar-refractivity contribution is 6.10. The zero-order valence-electron chi connectivity index (χ0n) is 16.6. The first-order chi connectivity index (χ1) is 14.4. The molecule has 0 bridgehead atoms. The fraction of sp³-hybridized carbons (Fsp3) is 0.261. The van der Waals surface area contributed by atoms with Gasteiger partial charge >= 0.3 is 6.03 Å². The number of benzene rings is 2. The number of rotatable bonds is 3. The van der Waals surface area contributed by atoms with Gasteiger partial charge in [-0.1, -0.05) is 42.5 Å². The summed E-state index contributed by atoms with van der Waals surface area (Å²) in [5.41, 5.74) is 7.76. The van der Waals surface area contributed by atoms with Crippen molar-refractivity contribution in [1.82, 2.24) is 9.88 Å². The van der Waals surface area contributed by atoms with Crippen LogP contribution in [0.25, 0.3) is 10.8 Å². The van der Waals surface area contributed by atoms with Gasteiger partial charge in [0.15, 0.2) is 0 Å². The number of hydrogen-bond acceptors (Lipinski definition) is 4. The molecule has 1 spiro atoms. The summed E-state index contributed by atoms with van der Waals surface area (Å²) in [6, 6.07) is 14.9. The van der Waals surface area contributed by atoms with Gasteiger partial charge in [0, 0.05) is 35.9 Å². The number of hydrogen-bond donors (Lipinski definition) is 2. The van der Waals surface area contributed by atoms with Crippen molar-refractivity contribution in [2.24, 2.45) is 5.73 Å². The lowest BCUT2D eigenvalue weighted by Crippen LogP contribution is -2.66. The molecule has 1 atom stereocenters. The molecular weight excluding hydrogens is 380 g/mol. The molecular formula is C23H22N4O3. The van der Waals surface area contributed by atoms with Crippen LogP contribution < -0.4 is 10.6 Å². The quantitative estimate of drug-likeness (QED) is 0.703. The molecule has 1 fully saturated rings. The number of urea groups is 1. The number of fused-ring (bicyclic) bond motifs is 3. The maximum Gasteiger partial charge on any atom is 0.314 e. The third-order valence-electron chi connectivity index (χ3n) is 6.25. The number of aliphatic hydroxyl groups excluding tert-OH is 1. The minimum Gasteiger partial charge on any atom is -0.389 e. The van der Waals surface area contributed by atoms with Crippen molar-refractivity contribution in [2.75, 3.05) is 18.0 Å². The molecule has 0 radical (unpaired) electrons. The van der Waals surface area contributed by atoms with E-state index in [1.807, 2.05) is 48.5 Å². The van der Waals surface area contributed by atoms with Crippen molar-refractivity contribution in [1.29, 1.82) is 0 Å². The van der Waals surface area contributed by atoms with E-state index in [4.69, 9.17) is 5.73 Å². The first-order valence-corrected chi connectivity index (χ1v) is 9.93. The van der Waals surface area contributed by atoms with Gasteiger partial charge in [0.1, 0.15) is 5.41 Å². The van der Waals surface area contributed by atoms with Crippen LogP contribution in [0.1, 0.15) is 29.8 Å². The van der Waals surface area contributed by atoms with Crippen LogP contribution in [0.2, 0.25) is 0 Å². The normalized spacial score (nSPS) is 17.9. The second-order valence-corrected chi connectivity index (χ2v) is 8.07. The second-order valence-electron chi connectivity index (χ2n) is 8.07. The Morgan fingerprint density at radius 2 is 1.90 bits per heavy atom. The molecule has 2 aliphatic heterocycles. The number of anilines is 1. The highest BCUT2D eigenvalue weighted by Gasteiger charge is 2.58. The first kappa shape index (κ1) is 18.6. The molecule has 152 valence electrons. The van der Waals surface area contributed by atoms with E-state index in [1.165, 1.54) is 4.90 Å². The molecule has 7 nitrogen and oxygen atoms in total. The lowest BCUT2D eigenvalue weighted by Gasteiger charge is -2.45. The molecule has 0 saturated carbocycles. The van der Waals surface area contributed by atoms with Crippen molar-refractivity contribution in [2.45, 2.75) is 25.0 Å². The van der Waals surface area contributed by atoms with E-state index in [9.17, 15) is 14.7 Å². The van der Waals surface area contributed by atoms with Gasteiger partial charge < -0.3 is 20.6 Å². The number of pyridine rings is 1. The maximum atomic E-state index is 13.5. The molecule has 1 saturated heterocycles. The molecule has 0 aliphatic carbocycles. The van der Waals surface area contributed by atoms with Gasteiger partial charge in [0.25, 0.3) is 0 Å². The van der Waals surface area contributed by atoms with E-state index in [-0.39, 0.29) is 25.5 Å². The lowest BCUT2D eigenvalue weighted by molar-refractivity contribution is -0.127. The van der Waals surface area contributed by atoms with Gasteiger partial charge in [0.2, 0.25) is 5.91 Å². The Morgan fingerprint density at radius 1 is 1.20 bits per heavy atom. The van der Waals surface area contributed by atoms with Gasteiger partial charge in [-0.3, -0.25) is 9.78 Å². The Kier molecular flexibility index (Phi) is 4.04. The van der Waals surface area contributed by atoms with E-state index in [0.717, 1.165) is 27.6 Å². The number of aromatic nitrogens is 1. The Labute approximate surface area is 173 Å². The number of amides is 3.